The van der Waals surface area contributed by atoms with Crippen molar-refractivity contribution in [2.24, 2.45) is 0 Å². The van der Waals surface area contributed by atoms with Gasteiger partial charge in [0.15, 0.2) is 0 Å². The van der Waals surface area contributed by atoms with Crippen molar-refractivity contribution in [1.29, 1.82) is 0 Å². The van der Waals surface area contributed by atoms with E-state index in [2.05, 4.69) is 8.61 Å². The molecule has 0 amide bonds. The molecule has 0 N–H and O–H groups in total. The van der Waals surface area contributed by atoms with Crippen molar-refractivity contribution in [2.45, 2.75) is 0 Å². The molecule has 0 aromatic carbocycles. The van der Waals surface area contributed by atoms with Crippen LogP contribution in [0.3, 0.4) is 0 Å². The maximum atomic E-state index is 6.39. The highest BCUT2D eigenvalue weighted by Gasteiger charge is 2.48. The molecule has 0 aromatic rings. The van der Waals surface area contributed by atoms with Gasteiger partial charge in [-0.15, -0.1) is 0 Å². The highest BCUT2D eigenvalue weighted by Crippen LogP contribution is 2.84. The average Bonchev–Trinajstić information content (AvgIpc) is 1.83. The average molecular weight is 251 g/mol. The second-order valence-corrected chi connectivity index (χ2v) is 13.2. The van der Waals surface area contributed by atoms with Crippen LogP contribution in [0.15, 0.2) is 0 Å². The second-order valence-electron chi connectivity index (χ2n) is 3.36. The fourth-order valence-electron chi connectivity index (χ4n) is 0.941. The third-order valence-electron chi connectivity index (χ3n) is 2.03. The number of halogens is 2. The second kappa shape index (κ2) is 3.41. The van der Waals surface area contributed by atoms with Gasteiger partial charge in [-0.2, -0.15) is 0 Å². The van der Waals surface area contributed by atoms with Crippen molar-refractivity contribution in [3.63, 3.8) is 0 Å². The van der Waals surface area contributed by atoms with Gasteiger partial charge in [0.1, 0.15) is 0 Å². The summed E-state index contributed by atoms with van der Waals surface area (Å²) in [6.45, 7) is 0. The molecule has 76 valence electrons. The molecular weight excluding hydrogens is 235 g/mol. The fourth-order valence-corrected chi connectivity index (χ4v) is 14.6. The van der Waals surface area contributed by atoms with E-state index in [1.807, 2.05) is 28.2 Å². The molecule has 0 spiro atoms. The van der Waals surface area contributed by atoms with Crippen LogP contribution in [0.5, 0.6) is 0 Å². The molecule has 1 aliphatic heterocycles. The molecule has 0 bridgehead atoms. The molecule has 6 heteroatoms. The van der Waals surface area contributed by atoms with Gasteiger partial charge >= 0.3 is 0 Å². The first-order chi connectivity index (χ1) is 5.30. The number of hydrogen-bond donors (Lipinski definition) is 0. The molecule has 0 unspecified atom stereocenters. The molecule has 2 nitrogen and oxygen atoms in total. The van der Waals surface area contributed by atoms with Crippen molar-refractivity contribution in [3.8, 4) is 0 Å². The van der Waals surface area contributed by atoms with E-state index in [9.17, 15) is 0 Å². The van der Waals surface area contributed by atoms with Crippen LogP contribution in [-0.4, -0.2) is 47.0 Å². The lowest BCUT2D eigenvalue weighted by atomic mass is 11.3. The summed E-state index contributed by atoms with van der Waals surface area (Å²) in [4.78, 5) is 0. The lowest BCUT2D eigenvalue weighted by molar-refractivity contribution is 0.671. The highest BCUT2D eigenvalue weighted by molar-refractivity contribution is 8.76. The quantitative estimate of drug-likeness (QED) is 0.744. The van der Waals surface area contributed by atoms with Gasteiger partial charge in [0.2, 0.25) is 0 Å². The standard InChI is InChI=1S/C6H16Cl2N2S2/c1-9(2)11(7)5-12(8,6-11)10(3)4/h5-6H2,1-4H3. The molecule has 12 heavy (non-hydrogen) atoms. The molecule has 1 saturated heterocycles. The van der Waals surface area contributed by atoms with Crippen molar-refractivity contribution in [3.05, 3.63) is 0 Å². The number of rotatable bonds is 2. The summed E-state index contributed by atoms with van der Waals surface area (Å²) in [6, 6.07) is 0. The summed E-state index contributed by atoms with van der Waals surface area (Å²) >= 11 is 0. The van der Waals surface area contributed by atoms with Crippen molar-refractivity contribution >= 4 is 40.2 Å². The third-order valence-corrected chi connectivity index (χ3v) is 15.3. The SMILES string of the molecule is CN(C)S1(Cl)CS(Cl)(N(C)C)C1. The van der Waals surface area contributed by atoms with Gasteiger partial charge in [-0.25, -0.2) is 0 Å². The lowest BCUT2D eigenvalue weighted by Crippen LogP contribution is -2.38. The van der Waals surface area contributed by atoms with E-state index in [-0.39, 0.29) is 0 Å². The monoisotopic (exact) mass is 250 g/mol. The summed E-state index contributed by atoms with van der Waals surface area (Å²) in [5, 5.41) is 1.95. The van der Waals surface area contributed by atoms with Gasteiger partial charge < -0.3 is 0 Å². The zero-order valence-electron chi connectivity index (χ0n) is 7.88. The Morgan fingerprint density at radius 2 is 1.08 bits per heavy atom. The largest absolute Gasteiger partial charge is 0.260 e. The van der Waals surface area contributed by atoms with Crippen LogP contribution in [0, 0.1) is 0 Å². The van der Waals surface area contributed by atoms with E-state index in [1.165, 1.54) is 0 Å². The minimum atomic E-state index is -1.04. The van der Waals surface area contributed by atoms with Crippen LogP contribution >= 0.6 is 40.2 Å². The Morgan fingerprint density at radius 1 is 0.833 bits per heavy atom. The van der Waals surface area contributed by atoms with Crippen LogP contribution in [0.2, 0.25) is 0 Å². The summed E-state index contributed by atoms with van der Waals surface area (Å²) in [6.07, 6.45) is 0. The van der Waals surface area contributed by atoms with Crippen LogP contribution in [0.4, 0.5) is 0 Å². The maximum absolute atomic E-state index is 6.39. The van der Waals surface area contributed by atoms with E-state index in [1.54, 1.807) is 0 Å². The molecule has 1 rings (SSSR count). The highest BCUT2D eigenvalue weighted by atomic mass is 35.7. The molecule has 0 saturated carbocycles. The van der Waals surface area contributed by atoms with Crippen LogP contribution < -0.4 is 0 Å². The van der Waals surface area contributed by atoms with E-state index in [0.29, 0.717) is 0 Å². The third kappa shape index (κ3) is 1.83. The van der Waals surface area contributed by atoms with Crippen molar-refractivity contribution < 1.29 is 0 Å². The normalized spacial score (nSPS) is 52.7. The lowest BCUT2D eigenvalue weighted by Gasteiger charge is -2.61. The molecular formula is C6H16Cl2N2S2. The van der Waals surface area contributed by atoms with Crippen molar-refractivity contribution in [1.82, 2.24) is 8.61 Å². The molecule has 1 aliphatic rings. The molecule has 0 radical (unpaired) electrons. The van der Waals surface area contributed by atoms with E-state index < -0.39 is 18.9 Å². The maximum Gasteiger partial charge on any atom is 0.0588 e. The zero-order valence-corrected chi connectivity index (χ0v) is 11.0. The summed E-state index contributed by atoms with van der Waals surface area (Å²) in [5.74, 6) is 0. The smallest absolute Gasteiger partial charge is 0.0588 e. The summed E-state index contributed by atoms with van der Waals surface area (Å²) < 4.78 is 4.26. The minimum Gasteiger partial charge on any atom is -0.260 e. The Morgan fingerprint density at radius 3 is 1.25 bits per heavy atom. The Balaban J connectivity index is 2.56. The van der Waals surface area contributed by atoms with E-state index in [4.69, 9.17) is 21.4 Å². The molecule has 0 aliphatic carbocycles. The van der Waals surface area contributed by atoms with E-state index >= 15 is 0 Å². The zero-order chi connectivity index (χ0) is 9.57. The first-order valence-electron chi connectivity index (χ1n) is 3.62. The molecule has 1 fully saturated rings. The van der Waals surface area contributed by atoms with Crippen LogP contribution in [0.1, 0.15) is 0 Å². The minimum absolute atomic E-state index is 0.975. The predicted octanol–water partition coefficient (Wildman–Crippen LogP) is 2.79. The molecule has 1 heterocycles. The number of nitrogens with zero attached hydrogens (tertiary/aromatic N) is 2. The van der Waals surface area contributed by atoms with Gasteiger partial charge in [-0.05, 0) is 49.6 Å². The van der Waals surface area contributed by atoms with Gasteiger partial charge in [0, 0.05) is 0 Å². The first kappa shape index (κ1) is 11.3. The van der Waals surface area contributed by atoms with Crippen molar-refractivity contribution in [2.75, 3.05) is 38.4 Å². The Bertz CT molecular complexity index is 162. The Hall–Kier alpha value is 1.20. The molecule has 0 atom stereocenters. The fraction of sp³-hybridized carbons (Fsp3) is 1.00. The Kier molecular flexibility index (Phi) is 3.20. The first-order valence-corrected chi connectivity index (χ1v) is 9.13. The summed E-state index contributed by atoms with van der Waals surface area (Å²) in [7, 11) is 18.8. The summed E-state index contributed by atoms with van der Waals surface area (Å²) in [5.41, 5.74) is 0. The number of hydrogen-bond acceptors (Lipinski definition) is 2. The van der Waals surface area contributed by atoms with Gasteiger partial charge in [-0.3, -0.25) is 8.61 Å². The van der Waals surface area contributed by atoms with Crippen LogP contribution in [0.25, 0.3) is 0 Å². The van der Waals surface area contributed by atoms with E-state index in [0.717, 1.165) is 10.2 Å². The van der Waals surface area contributed by atoms with Gasteiger partial charge in [0.05, 0.1) is 10.2 Å². The topological polar surface area (TPSA) is 6.48 Å². The Labute approximate surface area is 87.1 Å². The molecule has 0 aromatic heterocycles. The predicted molar refractivity (Wildman–Crippen MR) is 64.0 cm³/mol. The van der Waals surface area contributed by atoms with Gasteiger partial charge in [0.25, 0.3) is 0 Å². The van der Waals surface area contributed by atoms with Gasteiger partial charge in [-0.1, -0.05) is 18.9 Å². The van der Waals surface area contributed by atoms with Crippen LogP contribution in [-0.2, 0) is 0 Å².